The highest BCUT2D eigenvalue weighted by Gasteiger charge is 2.06. The number of rotatable bonds is 12. The van der Waals surface area contributed by atoms with Gasteiger partial charge in [-0.2, -0.15) is 0 Å². The average Bonchev–Trinajstić information content (AvgIpc) is 2.42. The number of hydrogen-bond donors (Lipinski definition) is 0. The zero-order valence-electron chi connectivity index (χ0n) is 13.8. The summed E-state index contributed by atoms with van der Waals surface area (Å²) >= 11 is 0. The van der Waals surface area contributed by atoms with Crippen molar-refractivity contribution >= 4 is 11.9 Å². The summed E-state index contributed by atoms with van der Waals surface area (Å²) in [5, 5.41) is 0. The predicted octanol–water partition coefficient (Wildman–Crippen LogP) is 4.18. The second-order valence-electron chi connectivity index (χ2n) is 5.45. The van der Waals surface area contributed by atoms with Gasteiger partial charge in [0.05, 0.1) is 6.61 Å². The summed E-state index contributed by atoms with van der Waals surface area (Å²) in [6.07, 6.45) is 8.58. The SMILES string of the molecule is CCCCCCCOC(=O)CCCC(=O)OCC=C(C)C. The number of carbonyl (C=O) groups excluding carboxylic acids is 2. The van der Waals surface area contributed by atoms with Gasteiger partial charge in [0.25, 0.3) is 0 Å². The molecule has 0 aliphatic rings. The molecule has 0 heterocycles. The number of unbranched alkanes of at least 4 members (excludes halogenated alkanes) is 4. The molecule has 0 aliphatic heterocycles. The molecule has 0 aromatic carbocycles. The van der Waals surface area contributed by atoms with E-state index in [-0.39, 0.29) is 24.8 Å². The minimum atomic E-state index is -0.264. The van der Waals surface area contributed by atoms with E-state index in [2.05, 4.69) is 6.92 Å². The van der Waals surface area contributed by atoms with Crippen LogP contribution in [0.5, 0.6) is 0 Å². The van der Waals surface area contributed by atoms with Gasteiger partial charge in [-0.1, -0.05) is 38.2 Å². The highest BCUT2D eigenvalue weighted by atomic mass is 16.5. The summed E-state index contributed by atoms with van der Waals surface area (Å²) in [7, 11) is 0. The van der Waals surface area contributed by atoms with Crippen LogP contribution in [0.15, 0.2) is 11.6 Å². The molecular formula is C17H30O4. The summed E-state index contributed by atoms with van der Waals surface area (Å²) in [5.41, 5.74) is 1.12. The Balaban J connectivity index is 3.44. The first kappa shape index (κ1) is 19.7. The lowest BCUT2D eigenvalue weighted by Gasteiger charge is -2.05. The lowest BCUT2D eigenvalue weighted by atomic mass is 10.2. The van der Waals surface area contributed by atoms with Crippen LogP contribution in [0, 0.1) is 0 Å². The fourth-order valence-corrected chi connectivity index (χ4v) is 1.71. The smallest absolute Gasteiger partial charge is 0.306 e. The van der Waals surface area contributed by atoms with E-state index in [1.807, 2.05) is 19.9 Å². The molecule has 122 valence electrons. The molecule has 4 heteroatoms. The maximum absolute atomic E-state index is 11.4. The normalized spacial score (nSPS) is 10.0. The van der Waals surface area contributed by atoms with E-state index in [0.29, 0.717) is 19.6 Å². The average molecular weight is 298 g/mol. The van der Waals surface area contributed by atoms with E-state index in [9.17, 15) is 9.59 Å². The van der Waals surface area contributed by atoms with Gasteiger partial charge in [-0.15, -0.1) is 0 Å². The molecule has 0 N–H and O–H groups in total. The van der Waals surface area contributed by atoms with Gasteiger partial charge < -0.3 is 9.47 Å². The molecule has 0 bridgehead atoms. The Labute approximate surface area is 128 Å². The topological polar surface area (TPSA) is 52.6 Å². The van der Waals surface area contributed by atoms with Gasteiger partial charge in [0.15, 0.2) is 0 Å². The third-order valence-corrected chi connectivity index (χ3v) is 3.01. The Morgan fingerprint density at radius 1 is 0.857 bits per heavy atom. The highest BCUT2D eigenvalue weighted by molar-refractivity contribution is 5.72. The van der Waals surface area contributed by atoms with E-state index in [1.54, 1.807) is 0 Å². The number of esters is 2. The number of carbonyl (C=O) groups is 2. The Kier molecular flexibility index (Phi) is 12.8. The molecule has 0 aromatic heterocycles. The van der Waals surface area contributed by atoms with Crippen molar-refractivity contribution in [3.63, 3.8) is 0 Å². The third kappa shape index (κ3) is 14.9. The van der Waals surface area contributed by atoms with Gasteiger partial charge in [0, 0.05) is 12.8 Å². The van der Waals surface area contributed by atoms with Crippen LogP contribution in [-0.2, 0) is 19.1 Å². The summed E-state index contributed by atoms with van der Waals surface area (Å²) in [4.78, 5) is 22.8. The molecule has 0 saturated carbocycles. The first-order chi connectivity index (χ1) is 10.1. The lowest BCUT2D eigenvalue weighted by Crippen LogP contribution is -2.09. The summed E-state index contributed by atoms with van der Waals surface area (Å²) < 4.78 is 10.1. The largest absolute Gasteiger partial charge is 0.466 e. The zero-order chi connectivity index (χ0) is 15.9. The molecule has 0 rings (SSSR count). The molecule has 0 saturated heterocycles. The molecule has 0 unspecified atom stereocenters. The van der Waals surface area contributed by atoms with Gasteiger partial charge in [-0.25, -0.2) is 0 Å². The molecule has 0 atom stereocenters. The minimum absolute atomic E-state index is 0.220. The number of hydrogen-bond acceptors (Lipinski definition) is 4. The van der Waals surface area contributed by atoms with Crippen molar-refractivity contribution in [1.82, 2.24) is 0 Å². The van der Waals surface area contributed by atoms with E-state index < -0.39 is 0 Å². The van der Waals surface area contributed by atoms with Gasteiger partial charge in [0.2, 0.25) is 0 Å². The van der Waals surface area contributed by atoms with Crippen molar-refractivity contribution in [3.05, 3.63) is 11.6 Å². The van der Waals surface area contributed by atoms with Crippen LogP contribution < -0.4 is 0 Å². The molecule has 0 spiro atoms. The van der Waals surface area contributed by atoms with Crippen LogP contribution in [0.2, 0.25) is 0 Å². The van der Waals surface area contributed by atoms with Crippen molar-refractivity contribution < 1.29 is 19.1 Å². The molecule has 0 amide bonds. The van der Waals surface area contributed by atoms with Crippen LogP contribution in [0.1, 0.15) is 72.1 Å². The van der Waals surface area contributed by atoms with Crippen molar-refractivity contribution in [2.45, 2.75) is 72.1 Å². The fourth-order valence-electron chi connectivity index (χ4n) is 1.71. The van der Waals surface area contributed by atoms with E-state index >= 15 is 0 Å². The summed E-state index contributed by atoms with van der Waals surface area (Å²) in [6.45, 7) is 6.87. The Hall–Kier alpha value is -1.32. The Bertz CT molecular complexity index is 317. The zero-order valence-corrected chi connectivity index (χ0v) is 13.8. The standard InChI is InChI=1S/C17H30O4/c1-4-5-6-7-8-13-20-16(18)10-9-11-17(19)21-14-12-15(2)3/h12H,4-11,13-14H2,1-3H3. The summed E-state index contributed by atoms with van der Waals surface area (Å²) in [5.74, 6) is -0.484. The van der Waals surface area contributed by atoms with Crippen LogP contribution in [0.4, 0.5) is 0 Å². The maximum Gasteiger partial charge on any atom is 0.306 e. The first-order valence-corrected chi connectivity index (χ1v) is 8.00. The molecule has 4 nitrogen and oxygen atoms in total. The van der Waals surface area contributed by atoms with Crippen LogP contribution in [0.25, 0.3) is 0 Å². The van der Waals surface area contributed by atoms with Gasteiger partial charge >= 0.3 is 11.9 Å². The molecule has 0 aromatic rings. The van der Waals surface area contributed by atoms with Crippen molar-refractivity contribution in [3.8, 4) is 0 Å². The molecule has 0 aliphatic carbocycles. The minimum Gasteiger partial charge on any atom is -0.466 e. The van der Waals surface area contributed by atoms with E-state index in [0.717, 1.165) is 18.4 Å². The Morgan fingerprint density at radius 2 is 1.48 bits per heavy atom. The van der Waals surface area contributed by atoms with E-state index in [1.165, 1.54) is 19.3 Å². The monoisotopic (exact) mass is 298 g/mol. The highest BCUT2D eigenvalue weighted by Crippen LogP contribution is 2.04. The third-order valence-electron chi connectivity index (χ3n) is 3.01. The molecule has 21 heavy (non-hydrogen) atoms. The maximum atomic E-state index is 11.4. The number of ether oxygens (including phenoxy) is 2. The molecule has 0 fully saturated rings. The second kappa shape index (κ2) is 13.7. The first-order valence-electron chi connectivity index (χ1n) is 8.00. The van der Waals surface area contributed by atoms with Gasteiger partial charge in [-0.05, 0) is 32.8 Å². The van der Waals surface area contributed by atoms with E-state index in [4.69, 9.17) is 9.47 Å². The number of allylic oxidation sites excluding steroid dienone is 1. The van der Waals surface area contributed by atoms with Crippen LogP contribution in [-0.4, -0.2) is 25.2 Å². The quantitative estimate of drug-likeness (QED) is 0.308. The van der Waals surface area contributed by atoms with Crippen LogP contribution in [0.3, 0.4) is 0 Å². The fraction of sp³-hybridized carbons (Fsp3) is 0.765. The Morgan fingerprint density at radius 3 is 2.10 bits per heavy atom. The van der Waals surface area contributed by atoms with Gasteiger partial charge in [0.1, 0.15) is 6.61 Å². The lowest BCUT2D eigenvalue weighted by molar-refractivity contribution is -0.145. The van der Waals surface area contributed by atoms with Crippen molar-refractivity contribution in [2.24, 2.45) is 0 Å². The van der Waals surface area contributed by atoms with Crippen molar-refractivity contribution in [2.75, 3.05) is 13.2 Å². The predicted molar refractivity (Wildman–Crippen MR) is 84.0 cm³/mol. The van der Waals surface area contributed by atoms with Crippen LogP contribution >= 0.6 is 0 Å². The molecular weight excluding hydrogens is 268 g/mol. The van der Waals surface area contributed by atoms with Gasteiger partial charge in [-0.3, -0.25) is 9.59 Å². The second-order valence-corrected chi connectivity index (χ2v) is 5.45. The van der Waals surface area contributed by atoms with Crippen molar-refractivity contribution in [1.29, 1.82) is 0 Å². The molecule has 0 radical (unpaired) electrons. The summed E-state index contributed by atoms with van der Waals surface area (Å²) in [6, 6.07) is 0.